The van der Waals surface area contributed by atoms with E-state index >= 15 is 0 Å². The zero-order chi connectivity index (χ0) is 23.8. The van der Waals surface area contributed by atoms with Gasteiger partial charge in [-0.05, 0) is 37.8 Å². The van der Waals surface area contributed by atoms with Crippen molar-refractivity contribution in [2.75, 3.05) is 31.2 Å². The van der Waals surface area contributed by atoms with Gasteiger partial charge in [-0.2, -0.15) is 10.2 Å². The molecule has 0 aromatic carbocycles. The third-order valence-corrected chi connectivity index (χ3v) is 7.07. The van der Waals surface area contributed by atoms with Crippen molar-refractivity contribution in [3.8, 4) is 12.3 Å². The summed E-state index contributed by atoms with van der Waals surface area (Å²) in [6.45, 7) is 5.51. The van der Waals surface area contributed by atoms with E-state index < -0.39 is 6.03 Å². The minimum absolute atomic E-state index is 0.231. The summed E-state index contributed by atoms with van der Waals surface area (Å²) in [5.74, 6) is 3.74. The number of aryl methyl sites for hydroxylation is 1. The molecule has 0 spiro atoms. The van der Waals surface area contributed by atoms with Crippen molar-refractivity contribution < 1.29 is 9.53 Å². The SMILES string of the molecule is C#C/C(=C\C1=C(C)N(c2nn([C@H]3CCOC3)c3c2CN(C(N)=O)CC3)CCC1)c1cnn(C)c1. The largest absolute Gasteiger partial charge is 0.379 e. The van der Waals surface area contributed by atoms with Crippen LogP contribution in [-0.2, 0) is 24.8 Å². The van der Waals surface area contributed by atoms with E-state index in [0.29, 0.717) is 19.7 Å². The minimum atomic E-state index is -0.391. The number of hydrogen-bond donors (Lipinski definition) is 1. The number of carbonyl (C=O) groups excluding carboxylic acids is 1. The predicted octanol–water partition coefficient (Wildman–Crippen LogP) is 2.61. The van der Waals surface area contributed by atoms with E-state index in [1.165, 1.54) is 11.3 Å². The zero-order valence-electron chi connectivity index (χ0n) is 19.8. The molecule has 5 heterocycles. The number of ether oxygens (including phenoxy) is 1. The van der Waals surface area contributed by atoms with Gasteiger partial charge in [0.05, 0.1) is 25.4 Å². The van der Waals surface area contributed by atoms with Crippen molar-refractivity contribution >= 4 is 17.4 Å². The Labute approximate surface area is 199 Å². The van der Waals surface area contributed by atoms with Crippen LogP contribution < -0.4 is 10.6 Å². The number of nitrogens with zero attached hydrogens (tertiary/aromatic N) is 6. The molecule has 0 saturated carbocycles. The second kappa shape index (κ2) is 9.03. The molecule has 0 bridgehead atoms. The number of carbonyl (C=O) groups is 1. The number of terminal acetylenes is 1. The van der Waals surface area contributed by atoms with Gasteiger partial charge in [0.1, 0.15) is 0 Å². The normalized spacial score (nSPS) is 21.1. The number of fused-ring (bicyclic) bond motifs is 1. The Kier molecular flexibility index (Phi) is 5.92. The maximum atomic E-state index is 12.0. The number of allylic oxidation sites excluding steroid dienone is 4. The summed E-state index contributed by atoms with van der Waals surface area (Å²) in [6.07, 6.45) is 15.3. The topological polar surface area (TPSA) is 94.4 Å². The molecule has 1 saturated heterocycles. The van der Waals surface area contributed by atoms with Crippen molar-refractivity contribution in [2.45, 2.75) is 45.2 Å². The van der Waals surface area contributed by atoms with Gasteiger partial charge in [0.2, 0.25) is 0 Å². The van der Waals surface area contributed by atoms with Gasteiger partial charge >= 0.3 is 6.03 Å². The third kappa shape index (κ3) is 3.99. The van der Waals surface area contributed by atoms with E-state index in [-0.39, 0.29) is 6.04 Å². The van der Waals surface area contributed by atoms with Crippen molar-refractivity contribution in [3.63, 3.8) is 0 Å². The highest BCUT2D eigenvalue weighted by Crippen LogP contribution is 2.37. The highest BCUT2D eigenvalue weighted by atomic mass is 16.5. The second-order valence-corrected chi connectivity index (χ2v) is 9.19. The lowest BCUT2D eigenvalue weighted by molar-refractivity contribution is 0.182. The van der Waals surface area contributed by atoms with Crippen molar-refractivity contribution in [3.05, 3.63) is 46.6 Å². The van der Waals surface area contributed by atoms with E-state index in [4.69, 9.17) is 22.0 Å². The lowest BCUT2D eigenvalue weighted by atomic mass is 9.97. The quantitative estimate of drug-likeness (QED) is 0.707. The lowest BCUT2D eigenvalue weighted by Crippen LogP contribution is -2.40. The molecule has 178 valence electrons. The Hall–Kier alpha value is -3.51. The summed E-state index contributed by atoms with van der Waals surface area (Å²) in [7, 11) is 1.88. The fraction of sp³-hybridized carbons (Fsp3) is 0.480. The van der Waals surface area contributed by atoms with Crippen LogP contribution in [-0.4, -0.2) is 56.8 Å². The van der Waals surface area contributed by atoms with E-state index in [9.17, 15) is 4.79 Å². The van der Waals surface area contributed by atoms with Gasteiger partial charge < -0.3 is 20.3 Å². The molecular formula is C25H31N7O2. The maximum absolute atomic E-state index is 12.0. The van der Waals surface area contributed by atoms with Crippen LogP contribution >= 0.6 is 0 Å². The molecule has 3 aliphatic rings. The second-order valence-electron chi connectivity index (χ2n) is 9.19. The van der Waals surface area contributed by atoms with Crippen molar-refractivity contribution in [1.29, 1.82) is 0 Å². The van der Waals surface area contributed by atoms with E-state index in [2.05, 4.69) is 33.6 Å². The van der Waals surface area contributed by atoms with Crippen LogP contribution in [0.15, 0.2) is 29.7 Å². The van der Waals surface area contributed by atoms with Gasteiger partial charge in [0.25, 0.3) is 0 Å². The monoisotopic (exact) mass is 461 g/mol. The first-order valence-electron chi connectivity index (χ1n) is 11.8. The first-order chi connectivity index (χ1) is 16.5. The smallest absolute Gasteiger partial charge is 0.315 e. The molecule has 0 unspecified atom stereocenters. The van der Waals surface area contributed by atoms with Crippen molar-refractivity contribution in [2.24, 2.45) is 12.8 Å². The summed E-state index contributed by atoms with van der Waals surface area (Å²) in [5.41, 5.74) is 12.0. The molecule has 2 N–H and O–H groups in total. The predicted molar refractivity (Wildman–Crippen MR) is 130 cm³/mol. The van der Waals surface area contributed by atoms with Gasteiger partial charge in [-0.25, -0.2) is 4.79 Å². The molecular weight excluding hydrogens is 430 g/mol. The van der Waals surface area contributed by atoms with E-state index in [1.54, 1.807) is 15.8 Å². The summed E-state index contributed by atoms with van der Waals surface area (Å²) in [4.78, 5) is 15.9. The third-order valence-electron chi connectivity index (χ3n) is 7.07. The summed E-state index contributed by atoms with van der Waals surface area (Å²) in [6, 6.07) is -0.159. The fourth-order valence-electron chi connectivity index (χ4n) is 5.18. The highest BCUT2D eigenvalue weighted by Gasteiger charge is 2.33. The minimum Gasteiger partial charge on any atom is -0.379 e. The first-order valence-corrected chi connectivity index (χ1v) is 11.8. The molecule has 34 heavy (non-hydrogen) atoms. The van der Waals surface area contributed by atoms with Crippen LogP contribution in [0.3, 0.4) is 0 Å². The van der Waals surface area contributed by atoms with Crippen molar-refractivity contribution in [1.82, 2.24) is 24.5 Å². The number of primary amides is 1. The number of amides is 2. The standard InChI is InChI=1S/C25H31N7O2/c1-4-18(20-13-27-29(3)14-20)12-19-6-5-9-31(17(19)2)24-22-15-30(25(26)33)10-7-23(22)32(28-24)21-8-11-34-16-21/h1,12-14,21H,5-11,15-16H2,2-3H3,(H2,26,33)/b18-12+/t21-/m0/s1. The highest BCUT2D eigenvalue weighted by molar-refractivity contribution is 5.80. The molecule has 0 aliphatic carbocycles. The van der Waals surface area contributed by atoms with Crippen LogP contribution in [0.1, 0.15) is 49.0 Å². The molecule has 9 heteroatoms. The molecule has 2 amide bonds. The Bertz CT molecular complexity index is 1210. The number of hydrogen-bond acceptors (Lipinski definition) is 5. The Morgan fingerprint density at radius 1 is 1.35 bits per heavy atom. The lowest BCUT2D eigenvalue weighted by Gasteiger charge is -2.32. The van der Waals surface area contributed by atoms with Crippen LogP contribution in [0.25, 0.3) is 5.57 Å². The molecule has 2 aromatic rings. The van der Waals surface area contributed by atoms with Crippen LogP contribution in [0.4, 0.5) is 10.6 Å². The Morgan fingerprint density at radius 2 is 2.21 bits per heavy atom. The molecule has 9 nitrogen and oxygen atoms in total. The molecule has 2 aromatic heterocycles. The molecule has 3 aliphatic heterocycles. The van der Waals surface area contributed by atoms with Crippen LogP contribution in [0.5, 0.6) is 0 Å². The average Bonchev–Trinajstić information content (AvgIpc) is 3.58. The number of anilines is 1. The summed E-state index contributed by atoms with van der Waals surface area (Å²) < 4.78 is 9.56. The van der Waals surface area contributed by atoms with Gasteiger partial charge in [-0.1, -0.05) is 5.92 Å². The number of aromatic nitrogens is 4. The zero-order valence-corrected chi connectivity index (χ0v) is 19.8. The van der Waals surface area contributed by atoms with Crippen LogP contribution in [0, 0.1) is 12.3 Å². The number of urea groups is 1. The Balaban J connectivity index is 1.55. The molecule has 0 radical (unpaired) electrons. The Morgan fingerprint density at radius 3 is 2.88 bits per heavy atom. The number of rotatable bonds is 4. The van der Waals surface area contributed by atoms with Crippen LogP contribution in [0.2, 0.25) is 0 Å². The van der Waals surface area contributed by atoms with E-state index in [0.717, 1.165) is 67.0 Å². The molecule has 5 rings (SSSR count). The maximum Gasteiger partial charge on any atom is 0.315 e. The fourth-order valence-corrected chi connectivity index (χ4v) is 5.18. The van der Waals surface area contributed by atoms with E-state index in [1.807, 2.05) is 13.2 Å². The molecule has 1 atom stereocenters. The van der Waals surface area contributed by atoms with Gasteiger partial charge in [0.15, 0.2) is 5.82 Å². The first kappa shape index (κ1) is 22.3. The van der Waals surface area contributed by atoms with Gasteiger partial charge in [0, 0.05) is 67.5 Å². The number of nitrogens with two attached hydrogens (primary N) is 1. The van der Waals surface area contributed by atoms with Gasteiger partial charge in [-0.3, -0.25) is 9.36 Å². The van der Waals surface area contributed by atoms with Gasteiger partial charge in [-0.15, -0.1) is 6.42 Å². The summed E-state index contributed by atoms with van der Waals surface area (Å²) >= 11 is 0. The summed E-state index contributed by atoms with van der Waals surface area (Å²) in [5, 5.41) is 9.37. The molecule has 1 fully saturated rings. The average molecular weight is 462 g/mol.